The maximum absolute atomic E-state index is 11.8. The number of hydrogen-bond donors (Lipinski definition) is 2. The molecule has 6 rings (SSSR count). The quantitative estimate of drug-likeness (QED) is 0.327. The molecule has 7 nitrogen and oxygen atoms in total. The van der Waals surface area contributed by atoms with Crippen LogP contribution in [-0.4, -0.2) is 34.6 Å². The molecule has 2 aliphatic rings. The van der Waals surface area contributed by atoms with Crippen molar-refractivity contribution in [2.75, 3.05) is 29.9 Å². The van der Waals surface area contributed by atoms with Gasteiger partial charge in [-0.25, -0.2) is 0 Å². The fourth-order valence-corrected chi connectivity index (χ4v) is 6.84. The van der Waals surface area contributed by atoms with Crippen molar-refractivity contribution < 1.29 is 4.74 Å². The van der Waals surface area contributed by atoms with E-state index in [1.54, 1.807) is 42.0 Å². The Hall–Kier alpha value is -3.27. The fourth-order valence-electron chi connectivity index (χ4n) is 4.39. The molecular formula is C27H25N5O2S2. The number of hydrogen-bond acceptors (Lipinski definition) is 8. The Kier molecular flexibility index (Phi) is 6.43. The van der Waals surface area contributed by atoms with Gasteiger partial charge in [0.1, 0.15) is 6.10 Å². The highest BCUT2D eigenvalue weighted by molar-refractivity contribution is 8.05. The van der Waals surface area contributed by atoms with Crippen molar-refractivity contribution in [2.24, 2.45) is 0 Å². The summed E-state index contributed by atoms with van der Waals surface area (Å²) in [6.45, 7) is 4.67. The van der Waals surface area contributed by atoms with Gasteiger partial charge in [-0.1, -0.05) is 35.7 Å². The van der Waals surface area contributed by atoms with Crippen LogP contribution in [0.2, 0.25) is 0 Å². The lowest BCUT2D eigenvalue weighted by molar-refractivity contribution is 0.0379. The van der Waals surface area contributed by atoms with Gasteiger partial charge in [-0.05, 0) is 42.8 Å². The number of nitrogens with one attached hydrogen (secondary N) is 2. The molecule has 2 aromatic heterocycles. The highest BCUT2D eigenvalue weighted by Gasteiger charge is 2.28. The van der Waals surface area contributed by atoms with Crippen LogP contribution in [0, 0.1) is 6.92 Å². The Balaban J connectivity index is 1.20. The molecule has 0 saturated carbocycles. The van der Waals surface area contributed by atoms with E-state index in [2.05, 4.69) is 61.6 Å². The summed E-state index contributed by atoms with van der Waals surface area (Å²) in [6, 6.07) is 16.6. The van der Waals surface area contributed by atoms with E-state index in [4.69, 9.17) is 4.74 Å². The van der Waals surface area contributed by atoms with Gasteiger partial charge in [-0.3, -0.25) is 14.8 Å². The number of benzene rings is 2. The van der Waals surface area contributed by atoms with Gasteiger partial charge >= 0.3 is 0 Å². The summed E-state index contributed by atoms with van der Waals surface area (Å²) in [6.07, 6.45) is 5.25. The monoisotopic (exact) mass is 515 g/mol. The first kappa shape index (κ1) is 23.1. The van der Waals surface area contributed by atoms with E-state index in [0.29, 0.717) is 19.7 Å². The van der Waals surface area contributed by atoms with Crippen molar-refractivity contribution in [3.63, 3.8) is 0 Å². The fraction of sp³-hybridized carbons (Fsp3) is 0.222. The van der Waals surface area contributed by atoms with Gasteiger partial charge in [0.05, 0.1) is 30.7 Å². The topological polar surface area (TPSA) is 83.1 Å². The van der Waals surface area contributed by atoms with Crippen LogP contribution in [0.25, 0.3) is 0 Å². The van der Waals surface area contributed by atoms with Crippen molar-refractivity contribution in [3.8, 4) is 0 Å². The summed E-state index contributed by atoms with van der Waals surface area (Å²) in [7, 11) is 0. The van der Waals surface area contributed by atoms with E-state index in [-0.39, 0.29) is 11.7 Å². The van der Waals surface area contributed by atoms with Gasteiger partial charge in [-0.2, -0.15) is 0 Å². The lowest BCUT2D eigenvalue weighted by Gasteiger charge is -2.36. The number of nitrogens with zero attached hydrogens (tertiary/aromatic N) is 3. The maximum Gasteiger partial charge on any atom is 0.249 e. The molecule has 0 aliphatic carbocycles. The third-order valence-corrected chi connectivity index (χ3v) is 8.84. The zero-order chi connectivity index (χ0) is 24.5. The molecule has 1 fully saturated rings. The first-order valence-corrected chi connectivity index (χ1v) is 13.4. The standard InChI is InChI=1S/C27H25N5O2S2/c1-17-13-30-19(14-29-17)15-31-18-5-6-23-25(11-18)35-24-4-2-3-21(27(24)36-23)22-16-32(9-10-34-22)20-7-8-28-26(33)12-20/h2-8,11-14,22,31H,9-10,15-16H2,1H3,(H,28,33). The summed E-state index contributed by atoms with van der Waals surface area (Å²) in [5.74, 6) is 0. The minimum absolute atomic E-state index is 0.0563. The lowest BCUT2D eigenvalue weighted by atomic mass is 10.1. The van der Waals surface area contributed by atoms with Crippen molar-refractivity contribution in [2.45, 2.75) is 39.2 Å². The Morgan fingerprint density at radius 2 is 2.03 bits per heavy atom. The van der Waals surface area contributed by atoms with Gasteiger partial charge in [-0.15, -0.1) is 0 Å². The Bertz CT molecular complexity index is 1460. The molecule has 2 aliphatic heterocycles. The molecule has 4 aromatic rings. The van der Waals surface area contributed by atoms with E-state index in [0.717, 1.165) is 29.3 Å². The summed E-state index contributed by atoms with van der Waals surface area (Å²) in [4.78, 5) is 30.5. The first-order valence-electron chi connectivity index (χ1n) is 11.8. The Labute approximate surface area is 217 Å². The van der Waals surface area contributed by atoms with Crippen LogP contribution in [0.15, 0.2) is 91.5 Å². The Morgan fingerprint density at radius 3 is 2.89 bits per heavy atom. The zero-order valence-corrected chi connectivity index (χ0v) is 21.4. The molecule has 0 spiro atoms. The second kappa shape index (κ2) is 10.0. The number of aryl methyl sites for hydroxylation is 1. The van der Waals surface area contributed by atoms with Gasteiger partial charge in [0.15, 0.2) is 0 Å². The molecule has 1 unspecified atom stereocenters. The van der Waals surface area contributed by atoms with E-state index in [1.807, 2.05) is 19.2 Å². The number of anilines is 2. The van der Waals surface area contributed by atoms with Crippen LogP contribution in [0.3, 0.4) is 0 Å². The van der Waals surface area contributed by atoms with Gasteiger partial charge in [0, 0.05) is 62.5 Å². The van der Waals surface area contributed by atoms with Crippen LogP contribution in [-0.2, 0) is 11.3 Å². The second-order valence-electron chi connectivity index (χ2n) is 8.76. The number of pyridine rings is 1. The number of rotatable bonds is 5. The van der Waals surface area contributed by atoms with E-state index >= 15 is 0 Å². The number of morpholine rings is 1. The van der Waals surface area contributed by atoms with Gasteiger partial charge in [0.25, 0.3) is 0 Å². The number of H-pyrrole nitrogens is 1. The molecule has 1 saturated heterocycles. The highest BCUT2D eigenvalue weighted by atomic mass is 32.2. The molecule has 1 atom stereocenters. The number of aromatic amines is 1. The lowest BCUT2D eigenvalue weighted by Crippen LogP contribution is -2.39. The summed E-state index contributed by atoms with van der Waals surface area (Å²) in [5.41, 5.74) is 4.94. The van der Waals surface area contributed by atoms with E-state index < -0.39 is 0 Å². The smallest absolute Gasteiger partial charge is 0.249 e. The van der Waals surface area contributed by atoms with Crippen molar-refractivity contribution in [1.29, 1.82) is 0 Å². The summed E-state index contributed by atoms with van der Waals surface area (Å²) in [5, 5.41) is 3.47. The summed E-state index contributed by atoms with van der Waals surface area (Å²) < 4.78 is 6.23. The molecule has 9 heteroatoms. The molecule has 2 aromatic carbocycles. The summed E-state index contributed by atoms with van der Waals surface area (Å²) >= 11 is 3.60. The molecule has 0 amide bonds. The zero-order valence-electron chi connectivity index (χ0n) is 19.7. The molecular weight excluding hydrogens is 490 g/mol. The number of ether oxygens (including phenoxy) is 1. The molecule has 36 heavy (non-hydrogen) atoms. The molecule has 182 valence electrons. The second-order valence-corrected chi connectivity index (χ2v) is 10.9. The van der Waals surface area contributed by atoms with Crippen molar-refractivity contribution in [1.82, 2.24) is 15.0 Å². The van der Waals surface area contributed by atoms with E-state index in [9.17, 15) is 4.79 Å². The van der Waals surface area contributed by atoms with Crippen LogP contribution in [0.1, 0.15) is 23.1 Å². The molecule has 2 N–H and O–H groups in total. The minimum Gasteiger partial charge on any atom is -0.379 e. The maximum atomic E-state index is 11.8. The molecule has 4 heterocycles. The average Bonchev–Trinajstić information content (AvgIpc) is 2.91. The van der Waals surface area contributed by atoms with Gasteiger partial charge < -0.3 is 19.9 Å². The Morgan fingerprint density at radius 1 is 1.08 bits per heavy atom. The number of aromatic nitrogens is 3. The normalized spacial score (nSPS) is 16.8. The molecule has 0 radical (unpaired) electrons. The van der Waals surface area contributed by atoms with Crippen LogP contribution in [0.5, 0.6) is 0 Å². The first-order chi connectivity index (χ1) is 17.6. The highest BCUT2D eigenvalue weighted by Crippen LogP contribution is 2.51. The van der Waals surface area contributed by atoms with Crippen LogP contribution < -0.4 is 15.8 Å². The molecule has 0 bridgehead atoms. The van der Waals surface area contributed by atoms with Crippen LogP contribution >= 0.6 is 23.5 Å². The largest absolute Gasteiger partial charge is 0.379 e. The average molecular weight is 516 g/mol. The van der Waals surface area contributed by atoms with E-state index in [1.165, 1.54) is 25.1 Å². The van der Waals surface area contributed by atoms with Crippen molar-refractivity contribution in [3.05, 3.63) is 94.4 Å². The van der Waals surface area contributed by atoms with Crippen LogP contribution in [0.4, 0.5) is 11.4 Å². The number of fused-ring (bicyclic) bond motifs is 2. The predicted octanol–water partition coefficient (Wildman–Crippen LogP) is 5.28. The third-order valence-electron chi connectivity index (χ3n) is 6.23. The SMILES string of the molecule is Cc1cnc(CNc2ccc3c(c2)Sc2cccc(C4CN(c5cc[nH]c(=O)c5)CCO4)c2S3)cn1. The van der Waals surface area contributed by atoms with Crippen molar-refractivity contribution >= 4 is 34.9 Å². The predicted molar refractivity (Wildman–Crippen MR) is 143 cm³/mol. The van der Waals surface area contributed by atoms with Gasteiger partial charge in [0.2, 0.25) is 5.56 Å². The minimum atomic E-state index is -0.0863. The third kappa shape index (κ3) is 4.86.